The van der Waals surface area contributed by atoms with E-state index >= 15 is 0 Å². The minimum absolute atomic E-state index is 0.402. The molecule has 0 heterocycles. The highest BCUT2D eigenvalue weighted by atomic mass is 35.7. The summed E-state index contributed by atoms with van der Waals surface area (Å²) >= 11 is 0. The van der Waals surface area contributed by atoms with Crippen LogP contribution in [0.5, 0.6) is 0 Å². The van der Waals surface area contributed by atoms with Crippen LogP contribution in [-0.4, -0.2) is 35.7 Å². The van der Waals surface area contributed by atoms with E-state index in [1.807, 2.05) is 0 Å². The van der Waals surface area contributed by atoms with E-state index in [9.17, 15) is 34.4 Å². The van der Waals surface area contributed by atoms with E-state index in [1.165, 1.54) is 4.72 Å². The Morgan fingerprint density at radius 2 is 1.48 bits per heavy atom. The lowest BCUT2D eigenvalue weighted by Crippen LogP contribution is -2.41. The second-order valence-electron chi connectivity index (χ2n) is 3.80. The summed E-state index contributed by atoms with van der Waals surface area (Å²) in [5.74, 6) is -4.52. The van der Waals surface area contributed by atoms with Gasteiger partial charge in [0.1, 0.15) is 0 Å². The molecule has 0 spiro atoms. The molecular weight excluding hydrogens is 362 g/mol. The number of hydrogen-bond donors (Lipinski definition) is 1. The normalized spacial score (nSPS) is 13.6. The van der Waals surface area contributed by atoms with Gasteiger partial charge in [0, 0.05) is 10.7 Å². The first kappa shape index (κ1) is 18.1. The maximum atomic E-state index is 12.6. The molecule has 12 heteroatoms. The molecule has 0 fully saturated rings. The molecular formula is C9H8ClF4NO4S2. The van der Waals surface area contributed by atoms with Crippen molar-refractivity contribution in [2.45, 2.75) is 22.1 Å². The molecule has 0 amide bonds. The van der Waals surface area contributed by atoms with Crippen LogP contribution in [0.1, 0.15) is 0 Å². The van der Waals surface area contributed by atoms with Gasteiger partial charge >= 0.3 is 12.3 Å². The molecule has 0 atom stereocenters. The Kier molecular flexibility index (Phi) is 5.24. The van der Waals surface area contributed by atoms with E-state index in [1.54, 1.807) is 0 Å². The van der Waals surface area contributed by atoms with E-state index in [-0.39, 0.29) is 0 Å². The maximum Gasteiger partial charge on any atom is 0.320 e. The number of halogens is 5. The van der Waals surface area contributed by atoms with Gasteiger partial charge in [0.2, 0.25) is 10.0 Å². The van der Waals surface area contributed by atoms with Gasteiger partial charge in [0.15, 0.2) is 0 Å². The van der Waals surface area contributed by atoms with Crippen LogP contribution in [0.4, 0.5) is 17.6 Å². The summed E-state index contributed by atoms with van der Waals surface area (Å²) in [6.07, 6.45) is -4.02. The van der Waals surface area contributed by atoms with Crippen molar-refractivity contribution in [3.8, 4) is 0 Å². The Morgan fingerprint density at radius 1 is 1.05 bits per heavy atom. The second kappa shape index (κ2) is 6.07. The molecule has 5 nitrogen and oxygen atoms in total. The highest BCUT2D eigenvalue weighted by Gasteiger charge is 2.41. The Balaban J connectivity index is 2.94. The van der Waals surface area contributed by atoms with Crippen molar-refractivity contribution in [2.75, 3.05) is 6.54 Å². The van der Waals surface area contributed by atoms with Gasteiger partial charge in [-0.15, -0.1) is 0 Å². The maximum absolute atomic E-state index is 12.6. The van der Waals surface area contributed by atoms with Crippen LogP contribution in [0.25, 0.3) is 0 Å². The number of alkyl halides is 4. The summed E-state index contributed by atoms with van der Waals surface area (Å²) < 4.78 is 95.5. The molecule has 0 unspecified atom stereocenters. The van der Waals surface area contributed by atoms with Crippen molar-refractivity contribution >= 4 is 29.8 Å². The molecule has 1 N–H and O–H groups in total. The van der Waals surface area contributed by atoms with E-state index in [2.05, 4.69) is 0 Å². The average Bonchev–Trinajstić information content (AvgIpc) is 2.36. The molecule has 0 aromatic heterocycles. The van der Waals surface area contributed by atoms with Gasteiger partial charge in [0.05, 0.1) is 16.3 Å². The molecule has 0 aliphatic rings. The first-order valence-corrected chi connectivity index (χ1v) is 8.86. The monoisotopic (exact) mass is 369 g/mol. The van der Waals surface area contributed by atoms with E-state index in [0.717, 1.165) is 24.3 Å². The minimum Gasteiger partial charge on any atom is -0.207 e. The summed E-state index contributed by atoms with van der Waals surface area (Å²) in [6, 6.07) is 3.25. The predicted octanol–water partition coefficient (Wildman–Crippen LogP) is 1.79. The lowest BCUT2D eigenvalue weighted by atomic mass is 10.4. The Hall–Kier alpha value is -0.910. The molecule has 0 saturated carbocycles. The van der Waals surface area contributed by atoms with Gasteiger partial charge in [-0.3, -0.25) is 0 Å². The Bertz CT molecular complexity index is 704. The zero-order valence-electron chi connectivity index (χ0n) is 9.93. The fourth-order valence-electron chi connectivity index (χ4n) is 1.13. The number of benzene rings is 1. The highest BCUT2D eigenvalue weighted by molar-refractivity contribution is 8.13. The first-order chi connectivity index (χ1) is 9.36. The molecule has 120 valence electrons. The van der Waals surface area contributed by atoms with Crippen molar-refractivity contribution in [3.63, 3.8) is 0 Å². The van der Waals surface area contributed by atoms with Crippen LogP contribution >= 0.6 is 10.7 Å². The first-order valence-electron chi connectivity index (χ1n) is 5.06. The quantitative estimate of drug-likeness (QED) is 0.612. The van der Waals surface area contributed by atoms with Crippen molar-refractivity contribution < 1.29 is 34.4 Å². The van der Waals surface area contributed by atoms with Crippen LogP contribution in [0.3, 0.4) is 0 Å². The van der Waals surface area contributed by atoms with Crippen LogP contribution in [0.15, 0.2) is 34.1 Å². The number of nitrogens with one attached hydrogen (secondary N) is 1. The van der Waals surface area contributed by atoms with Crippen molar-refractivity contribution in [1.82, 2.24) is 4.72 Å². The number of sulfonamides is 1. The van der Waals surface area contributed by atoms with Crippen molar-refractivity contribution in [1.29, 1.82) is 0 Å². The highest BCUT2D eigenvalue weighted by Crippen LogP contribution is 2.23. The van der Waals surface area contributed by atoms with E-state index in [4.69, 9.17) is 10.7 Å². The second-order valence-corrected chi connectivity index (χ2v) is 8.13. The van der Waals surface area contributed by atoms with Crippen LogP contribution in [-0.2, 0) is 19.1 Å². The third kappa shape index (κ3) is 4.80. The van der Waals surface area contributed by atoms with Gasteiger partial charge in [0.25, 0.3) is 9.05 Å². The minimum atomic E-state index is -4.52. The van der Waals surface area contributed by atoms with Gasteiger partial charge in [-0.1, -0.05) is 0 Å². The molecule has 0 bridgehead atoms. The fourth-order valence-corrected chi connectivity index (χ4v) is 2.95. The van der Waals surface area contributed by atoms with Crippen LogP contribution < -0.4 is 4.72 Å². The van der Waals surface area contributed by atoms with Crippen molar-refractivity contribution in [3.05, 3.63) is 24.3 Å². The zero-order chi connectivity index (χ0) is 16.5. The largest absolute Gasteiger partial charge is 0.320 e. The SMILES string of the molecule is O=S(=O)(Cl)c1ccc(S(=O)(=O)NCC(F)(F)C(F)F)cc1. The van der Waals surface area contributed by atoms with Crippen LogP contribution in [0, 0.1) is 0 Å². The lowest BCUT2D eigenvalue weighted by Gasteiger charge is -2.15. The van der Waals surface area contributed by atoms with Crippen molar-refractivity contribution in [2.24, 2.45) is 0 Å². The molecule has 0 saturated heterocycles. The Labute approximate surface area is 122 Å². The smallest absolute Gasteiger partial charge is 0.207 e. The van der Waals surface area contributed by atoms with Gasteiger partial charge in [-0.2, -0.15) is 8.78 Å². The summed E-state index contributed by atoms with van der Waals surface area (Å²) in [4.78, 5) is -0.974. The average molecular weight is 370 g/mol. The summed E-state index contributed by atoms with van der Waals surface area (Å²) in [7, 11) is -3.56. The molecule has 0 aliphatic carbocycles. The van der Waals surface area contributed by atoms with Gasteiger partial charge in [-0.25, -0.2) is 30.3 Å². The zero-order valence-corrected chi connectivity index (χ0v) is 12.3. The molecule has 21 heavy (non-hydrogen) atoms. The molecule has 1 aromatic rings. The Morgan fingerprint density at radius 3 is 1.86 bits per heavy atom. The van der Waals surface area contributed by atoms with Gasteiger partial charge in [-0.05, 0) is 24.3 Å². The third-order valence-electron chi connectivity index (χ3n) is 2.23. The summed E-state index contributed by atoms with van der Waals surface area (Å²) in [5.41, 5.74) is 0. The topological polar surface area (TPSA) is 80.3 Å². The predicted molar refractivity (Wildman–Crippen MR) is 65.6 cm³/mol. The fraction of sp³-hybridized carbons (Fsp3) is 0.333. The number of rotatable bonds is 6. The van der Waals surface area contributed by atoms with E-state index in [0.29, 0.717) is 0 Å². The standard InChI is InChI=1S/C9H8ClF4NO4S2/c10-20(16,17)6-1-3-7(4-2-6)21(18,19)15-5-9(13,14)8(11)12/h1-4,8,15H,5H2. The molecule has 0 aliphatic heterocycles. The number of hydrogen-bond acceptors (Lipinski definition) is 4. The molecule has 1 rings (SSSR count). The van der Waals surface area contributed by atoms with Gasteiger partial charge < -0.3 is 0 Å². The molecule has 0 radical (unpaired) electrons. The van der Waals surface area contributed by atoms with Crippen LogP contribution in [0.2, 0.25) is 0 Å². The summed E-state index contributed by atoms with van der Waals surface area (Å²) in [6.45, 7) is -1.79. The molecule has 1 aromatic carbocycles. The summed E-state index contributed by atoms with van der Waals surface area (Å²) in [5, 5.41) is 0. The third-order valence-corrected chi connectivity index (χ3v) is 5.02. The van der Waals surface area contributed by atoms with E-state index < -0.39 is 47.8 Å². The lowest BCUT2D eigenvalue weighted by molar-refractivity contribution is -0.122.